The number of carboxylic acids is 1. The Kier molecular flexibility index (Phi) is 4.92. The summed E-state index contributed by atoms with van der Waals surface area (Å²) >= 11 is 3.20. The van der Waals surface area contributed by atoms with Crippen LogP contribution >= 0.6 is 15.9 Å². The SMILES string of the molecule is CC(C)C(NC(=O)c1cc(Br)cc(C(=O)O)c1)c1ncon1. The Morgan fingerprint density at radius 2 is 1.95 bits per heavy atom. The van der Waals surface area contributed by atoms with Gasteiger partial charge in [-0.2, -0.15) is 4.98 Å². The molecule has 2 rings (SSSR count). The van der Waals surface area contributed by atoms with E-state index in [1.165, 1.54) is 18.5 Å². The van der Waals surface area contributed by atoms with Gasteiger partial charge >= 0.3 is 5.97 Å². The van der Waals surface area contributed by atoms with E-state index in [9.17, 15) is 9.59 Å². The smallest absolute Gasteiger partial charge is 0.335 e. The maximum atomic E-state index is 12.4. The molecule has 22 heavy (non-hydrogen) atoms. The number of carbonyl (C=O) groups is 2. The van der Waals surface area contributed by atoms with Gasteiger partial charge in [0.1, 0.15) is 0 Å². The monoisotopic (exact) mass is 367 g/mol. The molecule has 1 atom stereocenters. The van der Waals surface area contributed by atoms with E-state index < -0.39 is 17.9 Å². The molecule has 0 bridgehead atoms. The molecule has 0 saturated carbocycles. The first-order valence-electron chi connectivity index (χ1n) is 6.49. The van der Waals surface area contributed by atoms with Crippen LogP contribution in [0, 0.1) is 5.92 Å². The van der Waals surface area contributed by atoms with Crippen molar-refractivity contribution < 1.29 is 19.2 Å². The second kappa shape index (κ2) is 6.69. The minimum Gasteiger partial charge on any atom is -0.478 e. The molecular formula is C14H14BrN3O4. The number of nitrogens with zero attached hydrogens (tertiary/aromatic N) is 2. The summed E-state index contributed by atoms with van der Waals surface area (Å²) in [4.78, 5) is 27.4. The fourth-order valence-corrected chi connectivity index (χ4v) is 2.41. The number of aromatic nitrogens is 2. The Balaban J connectivity index is 2.26. The Labute approximate surface area is 134 Å². The van der Waals surface area contributed by atoms with Crippen LogP contribution in [0.5, 0.6) is 0 Å². The zero-order valence-electron chi connectivity index (χ0n) is 11.9. The first kappa shape index (κ1) is 16.2. The normalized spacial score (nSPS) is 12.2. The summed E-state index contributed by atoms with van der Waals surface area (Å²) in [6, 6.07) is 3.86. The third-order valence-electron chi connectivity index (χ3n) is 3.02. The molecule has 1 unspecified atom stereocenters. The fourth-order valence-electron chi connectivity index (χ4n) is 1.91. The van der Waals surface area contributed by atoms with Gasteiger partial charge in [0.25, 0.3) is 5.91 Å². The van der Waals surface area contributed by atoms with Crippen molar-refractivity contribution in [3.05, 3.63) is 46.0 Å². The Bertz CT molecular complexity index is 685. The van der Waals surface area contributed by atoms with E-state index >= 15 is 0 Å². The number of hydrogen-bond donors (Lipinski definition) is 2. The van der Waals surface area contributed by atoms with Crippen molar-refractivity contribution in [1.29, 1.82) is 0 Å². The van der Waals surface area contributed by atoms with Gasteiger partial charge < -0.3 is 14.9 Å². The van der Waals surface area contributed by atoms with E-state index in [1.807, 2.05) is 13.8 Å². The van der Waals surface area contributed by atoms with Gasteiger partial charge in [0.05, 0.1) is 11.6 Å². The molecule has 0 fully saturated rings. The third-order valence-corrected chi connectivity index (χ3v) is 3.47. The maximum Gasteiger partial charge on any atom is 0.335 e. The molecular weight excluding hydrogens is 354 g/mol. The van der Waals surface area contributed by atoms with Crippen molar-refractivity contribution in [2.45, 2.75) is 19.9 Å². The molecule has 0 aliphatic heterocycles. The number of amides is 1. The van der Waals surface area contributed by atoms with E-state index in [-0.39, 0.29) is 17.0 Å². The van der Waals surface area contributed by atoms with Crippen molar-refractivity contribution in [2.24, 2.45) is 5.92 Å². The molecule has 1 heterocycles. The summed E-state index contributed by atoms with van der Waals surface area (Å²) in [5, 5.41) is 15.6. The lowest BCUT2D eigenvalue weighted by Crippen LogP contribution is -2.32. The van der Waals surface area contributed by atoms with Crippen molar-refractivity contribution in [2.75, 3.05) is 0 Å². The highest BCUT2D eigenvalue weighted by molar-refractivity contribution is 9.10. The van der Waals surface area contributed by atoms with Gasteiger partial charge in [0.15, 0.2) is 5.82 Å². The van der Waals surface area contributed by atoms with Crippen LogP contribution in [0.4, 0.5) is 0 Å². The minimum absolute atomic E-state index is 0.0279. The minimum atomic E-state index is -1.10. The van der Waals surface area contributed by atoms with Crippen LogP contribution in [0.1, 0.15) is 46.4 Å². The molecule has 0 aliphatic rings. The van der Waals surface area contributed by atoms with Gasteiger partial charge in [0.2, 0.25) is 6.39 Å². The molecule has 1 aromatic carbocycles. The predicted octanol–water partition coefficient (Wildman–Crippen LogP) is 2.66. The summed E-state index contributed by atoms with van der Waals surface area (Å²) in [6.07, 6.45) is 1.19. The maximum absolute atomic E-state index is 12.4. The van der Waals surface area contributed by atoms with Crippen LogP contribution < -0.4 is 5.32 Å². The molecule has 1 amide bonds. The van der Waals surface area contributed by atoms with Gasteiger partial charge in [0, 0.05) is 10.0 Å². The van der Waals surface area contributed by atoms with Crippen LogP contribution in [0.25, 0.3) is 0 Å². The molecule has 1 aromatic heterocycles. The zero-order valence-corrected chi connectivity index (χ0v) is 13.5. The Morgan fingerprint density at radius 1 is 1.27 bits per heavy atom. The number of nitrogens with one attached hydrogen (secondary N) is 1. The molecule has 116 valence electrons. The Hall–Kier alpha value is -2.22. The second-order valence-corrected chi connectivity index (χ2v) is 5.93. The van der Waals surface area contributed by atoms with E-state index in [0.717, 1.165) is 0 Å². The zero-order chi connectivity index (χ0) is 16.3. The number of aromatic carboxylic acids is 1. The number of halogens is 1. The van der Waals surface area contributed by atoms with Gasteiger partial charge in [-0.3, -0.25) is 4.79 Å². The number of benzene rings is 1. The average molecular weight is 368 g/mol. The van der Waals surface area contributed by atoms with Gasteiger partial charge in [-0.25, -0.2) is 4.79 Å². The lowest BCUT2D eigenvalue weighted by molar-refractivity contribution is 0.0697. The van der Waals surface area contributed by atoms with Crippen molar-refractivity contribution in [1.82, 2.24) is 15.5 Å². The van der Waals surface area contributed by atoms with Crippen molar-refractivity contribution in [3.8, 4) is 0 Å². The van der Waals surface area contributed by atoms with Crippen molar-refractivity contribution in [3.63, 3.8) is 0 Å². The summed E-state index contributed by atoms with van der Waals surface area (Å²) in [5.41, 5.74) is 0.265. The lowest BCUT2D eigenvalue weighted by atomic mass is 10.0. The van der Waals surface area contributed by atoms with Gasteiger partial charge in [-0.1, -0.05) is 34.9 Å². The van der Waals surface area contributed by atoms with Crippen LogP contribution in [-0.2, 0) is 0 Å². The summed E-state index contributed by atoms with van der Waals surface area (Å²) in [5.74, 6) is -1.11. The van der Waals surface area contributed by atoms with Crippen LogP contribution in [0.15, 0.2) is 33.6 Å². The van der Waals surface area contributed by atoms with Crippen molar-refractivity contribution >= 4 is 27.8 Å². The molecule has 8 heteroatoms. The summed E-state index contributed by atoms with van der Waals surface area (Å²) in [6.45, 7) is 3.82. The number of rotatable bonds is 5. The molecule has 2 aromatic rings. The highest BCUT2D eigenvalue weighted by Gasteiger charge is 2.23. The Morgan fingerprint density at radius 3 is 2.50 bits per heavy atom. The molecule has 2 N–H and O–H groups in total. The van der Waals surface area contributed by atoms with Gasteiger partial charge in [-0.15, -0.1) is 0 Å². The largest absolute Gasteiger partial charge is 0.478 e. The first-order chi connectivity index (χ1) is 10.4. The van der Waals surface area contributed by atoms with Gasteiger partial charge in [-0.05, 0) is 24.1 Å². The highest BCUT2D eigenvalue weighted by Crippen LogP contribution is 2.20. The number of hydrogen-bond acceptors (Lipinski definition) is 5. The molecule has 0 saturated heterocycles. The predicted molar refractivity (Wildman–Crippen MR) is 80.4 cm³/mol. The summed E-state index contributed by atoms with van der Waals surface area (Å²) < 4.78 is 5.22. The average Bonchev–Trinajstić information content (AvgIpc) is 2.97. The van der Waals surface area contributed by atoms with Crippen LogP contribution in [0.3, 0.4) is 0 Å². The summed E-state index contributed by atoms with van der Waals surface area (Å²) in [7, 11) is 0. The van der Waals surface area contributed by atoms with Crippen LogP contribution in [-0.4, -0.2) is 27.1 Å². The fraction of sp³-hybridized carbons (Fsp3) is 0.286. The lowest BCUT2D eigenvalue weighted by Gasteiger charge is -2.19. The molecule has 0 aliphatic carbocycles. The quantitative estimate of drug-likeness (QED) is 0.841. The number of carbonyl (C=O) groups excluding carboxylic acids is 1. The topological polar surface area (TPSA) is 105 Å². The molecule has 0 spiro atoms. The van der Waals surface area contributed by atoms with E-state index in [2.05, 4.69) is 31.4 Å². The second-order valence-electron chi connectivity index (χ2n) is 5.02. The van der Waals surface area contributed by atoms with E-state index in [4.69, 9.17) is 9.63 Å². The molecule has 0 radical (unpaired) electrons. The molecule has 7 nitrogen and oxygen atoms in total. The van der Waals surface area contributed by atoms with E-state index in [0.29, 0.717) is 10.3 Å². The third kappa shape index (κ3) is 3.70. The van der Waals surface area contributed by atoms with Crippen LogP contribution in [0.2, 0.25) is 0 Å². The number of carboxylic acid groups (broad SMARTS) is 1. The van der Waals surface area contributed by atoms with E-state index in [1.54, 1.807) is 6.07 Å². The standard InChI is InChI=1S/C14H14BrN3O4/c1-7(2)11(12-16-6-22-18-12)17-13(19)8-3-9(14(20)21)5-10(15)4-8/h3-7,11H,1-2H3,(H,17,19)(H,20,21). The first-order valence-corrected chi connectivity index (χ1v) is 7.28. The highest BCUT2D eigenvalue weighted by atomic mass is 79.9.